The molecule has 1 rings (SSSR count). The van der Waals surface area contributed by atoms with Crippen molar-refractivity contribution in [3.63, 3.8) is 0 Å². The molecule has 0 aromatic rings. The molecule has 1 saturated heterocycles. The number of carbonyl (C=O) groups is 1. The highest BCUT2D eigenvalue weighted by Gasteiger charge is 2.29. The van der Waals surface area contributed by atoms with Crippen molar-refractivity contribution in [3.05, 3.63) is 0 Å². The molecule has 0 radical (unpaired) electrons. The van der Waals surface area contributed by atoms with Gasteiger partial charge in [-0.2, -0.15) is 0 Å². The van der Waals surface area contributed by atoms with Gasteiger partial charge in [-0.1, -0.05) is 13.8 Å². The van der Waals surface area contributed by atoms with Gasteiger partial charge in [-0.05, 0) is 18.8 Å². The molecule has 1 amide bonds. The van der Waals surface area contributed by atoms with Crippen molar-refractivity contribution in [1.29, 1.82) is 0 Å². The number of amides is 1. The largest absolute Gasteiger partial charge is 0.378 e. The van der Waals surface area contributed by atoms with E-state index in [0.717, 1.165) is 6.42 Å². The minimum Gasteiger partial charge on any atom is -0.378 e. The molecule has 4 heteroatoms. The van der Waals surface area contributed by atoms with Gasteiger partial charge in [0.15, 0.2) is 0 Å². The van der Waals surface area contributed by atoms with E-state index in [0.29, 0.717) is 19.0 Å². The van der Waals surface area contributed by atoms with Crippen LogP contribution in [0.1, 0.15) is 27.2 Å². The van der Waals surface area contributed by atoms with Crippen LogP contribution in [0.2, 0.25) is 0 Å². The molecule has 0 aromatic heterocycles. The van der Waals surface area contributed by atoms with Gasteiger partial charge >= 0.3 is 0 Å². The Labute approximate surface area is 96.5 Å². The third-order valence-electron chi connectivity index (χ3n) is 2.67. The Kier molecular flexibility index (Phi) is 4.41. The molecule has 1 aliphatic heterocycles. The third-order valence-corrected chi connectivity index (χ3v) is 3.40. The molecular weight excluding hydrogens is 214 g/mol. The average Bonchev–Trinajstić information content (AvgIpc) is 2.61. The Morgan fingerprint density at radius 3 is 2.73 bits per heavy atom. The molecule has 1 N–H and O–H groups in total. The zero-order valence-corrected chi connectivity index (χ0v) is 10.4. The van der Waals surface area contributed by atoms with Crippen LogP contribution in [0.4, 0.5) is 0 Å². The van der Waals surface area contributed by atoms with Crippen LogP contribution in [0, 0.1) is 11.3 Å². The fourth-order valence-corrected chi connectivity index (χ4v) is 1.61. The van der Waals surface area contributed by atoms with Crippen LogP contribution < -0.4 is 5.32 Å². The molecule has 1 fully saturated rings. The molecule has 0 spiro atoms. The molecule has 0 aliphatic carbocycles. The zero-order chi connectivity index (χ0) is 11.5. The van der Waals surface area contributed by atoms with Crippen molar-refractivity contribution < 1.29 is 9.53 Å². The summed E-state index contributed by atoms with van der Waals surface area (Å²) in [4.78, 5) is 11.7. The first-order valence-corrected chi connectivity index (χ1v) is 5.93. The highest BCUT2D eigenvalue weighted by atomic mass is 35.5. The second-order valence-electron chi connectivity index (χ2n) is 5.09. The van der Waals surface area contributed by atoms with E-state index in [1.165, 1.54) is 0 Å². The maximum atomic E-state index is 11.7. The fraction of sp³-hybridized carbons (Fsp3) is 0.909. The van der Waals surface area contributed by atoms with E-state index < -0.39 is 0 Å². The first-order chi connectivity index (χ1) is 6.94. The lowest BCUT2D eigenvalue weighted by Gasteiger charge is -2.22. The van der Waals surface area contributed by atoms with Gasteiger partial charge in [0.05, 0.1) is 18.6 Å². The molecule has 0 saturated carbocycles. The number of nitrogens with one attached hydrogen (secondary N) is 1. The molecule has 0 aromatic carbocycles. The molecule has 2 unspecified atom stereocenters. The SMILES string of the molecule is CC1CC(C(=O)NCC(C)(C)CCl)CO1. The number of rotatable bonds is 4. The van der Waals surface area contributed by atoms with E-state index in [-0.39, 0.29) is 23.3 Å². The number of ether oxygens (including phenoxy) is 1. The number of hydrogen-bond donors (Lipinski definition) is 1. The maximum absolute atomic E-state index is 11.7. The van der Waals surface area contributed by atoms with Crippen LogP contribution in [0.25, 0.3) is 0 Å². The molecule has 1 heterocycles. The number of halogens is 1. The van der Waals surface area contributed by atoms with Crippen molar-refractivity contribution in [2.75, 3.05) is 19.0 Å². The number of hydrogen-bond acceptors (Lipinski definition) is 2. The zero-order valence-electron chi connectivity index (χ0n) is 9.68. The Morgan fingerprint density at radius 1 is 1.60 bits per heavy atom. The lowest BCUT2D eigenvalue weighted by molar-refractivity contribution is -0.125. The fourth-order valence-electron chi connectivity index (χ4n) is 1.52. The van der Waals surface area contributed by atoms with Gasteiger partial charge in [0.1, 0.15) is 0 Å². The smallest absolute Gasteiger partial charge is 0.225 e. The summed E-state index contributed by atoms with van der Waals surface area (Å²) in [5, 5.41) is 2.93. The summed E-state index contributed by atoms with van der Waals surface area (Å²) in [6.07, 6.45) is 1.04. The lowest BCUT2D eigenvalue weighted by atomic mass is 9.96. The average molecular weight is 234 g/mol. The lowest BCUT2D eigenvalue weighted by Crippen LogP contribution is -2.38. The topological polar surface area (TPSA) is 38.3 Å². The molecule has 2 atom stereocenters. The van der Waals surface area contributed by atoms with Crippen LogP contribution >= 0.6 is 11.6 Å². The summed E-state index contributed by atoms with van der Waals surface area (Å²) in [6.45, 7) is 7.24. The first-order valence-electron chi connectivity index (χ1n) is 5.40. The van der Waals surface area contributed by atoms with Crippen molar-refractivity contribution in [3.8, 4) is 0 Å². The molecule has 0 bridgehead atoms. The summed E-state index contributed by atoms with van der Waals surface area (Å²) in [7, 11) is 0. The Balaban J connectivity index is 2.30. The van der Waals surface area contributed by atoms with Gasteiger partial charge in [-0.25, -0.2) is 0 Å². The summed E-state index contributed by atoms with van der Waals surface area (Å²) in [5.74, 6) is 0.661. The summed E-state index contributed by atoms with van der Waals surface area (Å²) >= 11 is 5.78. The van der Waals surface area contributed by atoms with Crippen LogP contribution in [-0.2, 0) is 9.53 Å². The molecule has 3 nitrogen and oxygen atoms in total. The third kappa shape index (κ3) is 3.99. The summed E-state index contributed by atoms with van der Waals surface area (Å²) < 4.78 is 5.36. The minimum absolute atomic E-state index is 0.0196. The van der Waals surface area contributed by atoms with Gasteiger partial charge < -0.3 is 10.1 Å². The normalized spacial score (nSPS) is 26.7. The van der Waals surface area contributed by atoms with Gasteiger partial charge in [0.25, 0.3) is 0 Å². The predicted molar refractivity (Wildman–Crippen MR) is 61.0 cm³/mol. The highest BCUT2D eigenvalue weighted by Crippen LogP contribution is 2.20. The monoisotopic (exact) mass is 233 g/mol. The molecule has 1 aliphatic rings. The van der Waals surface area contributed by atoms with Crippen LogP contribution in [0.15, 0.2) is 0 Å². The predicted octanol–water partition coefficient (Wildman–Crippen LogP) is 1.79. The number of alkyl halides is 1. The Morgan fingerprint density at radius 2 is 2.27 bits per heavy atom. The van der Waals surface area contributed by atoms with E-state index in [4.69, 9.17) is 16.3 Å². The van der Waals surface area contributed by atoms with Gasteiger partial charge in [0.2, 0.25) is 5.91 Å². The van der Waals surface area contributed by atoms with Crippen LogP contribution in [-0.4, -0.2) is 31.0 Å². The quantitative estimate of drug-likeness (QED) is 0.752. The Bertz CT molecular complexity index is 231. The van der Waals surface area contributed by atoms with Crippen LogP contribution in [0.3, 0.4) is 0 Å². The van der Waals surface area contributed by atoms with Crippen molar-refractivity contribution in [1.82, 2.24) is 5.32 Å². The Hall–Kier alpha value is -0.280. The highest BCUT2D eigenvalue weighted by molar-refractivity contribution is 6.18. The second kappa shape index (κ2) is 5.17. The molecule has 88 valence electrons. The standard InChI is InChI=1S/C11H20ClNO2/c1-8-4-9(5-15-8)10(14)13-7-11(2,3)6-12/h8-9H,4-7H2,1-3H3,(H,13,14). The second-order valence-corrected chi connectivity index (χ2v) is 5.36. The minimum atomic E-state index is -0.0394. The van der Waals surface area contributed by atoms with Gasteiger partial charge in [0, 0.05) is 12.4 Å². The van der Waals surface area contributed by atoms with Crippen molar-refractivity contribution >= 4 is 17.5 Å². The van der Waals surface area contributed by atoms with Crippen LogP contribution in [0.5, 0.6) is 0 Å². The number of carbonyl (C=O) groups excluding carboxylic acids is 1. The van der Waals surface area contributed by atoms with Gasteiger partial charge in [-0.15, -0.1) is 11.6 Å². The van der Waals surface area contributed by atoms with E-state index in [1.54, 1.807) is 0 Å². The first kappa shape index (κ1) is 12.8. The molecule has 15 heavy (non-hydrogen) atoms. The summed E-state index contributed by atoms with van der Waals surface area (Å²) in [5.41, 5.74) is -0.0394. The summed E-state index contributed by atoms with van der Waals surface area (Å²) in [6, 6.07) is 0. The van der Waals surface area contributed by atoms with E-state index >= 15 is 0 Å². The maximum Gasteiger partial charge on any atom is 0.225 e. The molecular formula is C11H20ClNO2. The van der Waals surface area contributed by atoms with E-state index in [2.05, 4.69) is 5.32 Å². The van der Waals surface area contributed by atoms with Crippen molar-refractivity contribution in [2.45, 2.75) is 33.3 Å². The van der Waals surface area contributed by atoms with Crippen molar-refractivity contribution in [2.24, 2.45) is 11.3 Å². The van der Waals surface area contributed by atoms with Gasteiger partial charge in [-0.3, -0.25) is 4.79 Å². The van der Waals surface area contributed by atoms with E-state index in [9.17, 15) is 4.79 Å². The van der Waals surface area contributed by atoms with E-state index in [1.807, 2.05) is 20.8 Å².